The van der Waals surface area contributed by atoms with E-state index in [1.807, 2.05) is 0 Å². The molecule has 3 heterocycles. The Morgan fingerprint density at radius 1 is 1.22 bits per heavy atom. The highest BCUT2D eigenvalue weighted by molar-refractivity contribution is 7.17. The van der Waals surface area contributed by atoms with Gasteiger partial charge >= 0.3 is 0 Å². The second kappa shape index (κ2) is 9.85. The van der Waals surface area contributed by atoms with Crippen LogP contribution >= 0.6 is 9.24 Å². The topological polar surface area (TPSA) is 79.9 Å². The van der Waals surface area contributed by atoms with Crippen LogP contribution in [0.2, 0.25) is 0 Å². The minimum absolute atomic E-state index is 0.0394. The Labute approximate surface area is 207 Å². The minimum atomic E-state index is -1.13. The summed E-state index contributed by atoms with van der Waals surface area (Å²) in [6.45, 7) is 0.637. The molecule has 2 aromatic rings. The van der Waals surface area contributed by atoms with Crippen LogP contribution in [0.5, 0.6) is 11.5 Å². The number of alkyl halides is 1. The average Bonchev–Trinajstić information content (AvgIpc) is 2.83. The molecule has 2 amide bonds. The molecule has 3 aliphatic rings. The van der Waals surface area contributed by atoms with Gasteiger partial charge in [0.05, 0.1) is 23.9 Å². The molecular weight excluding hydrogens is 494 g/mol. The average molecular weight is 517 g/mol. The third-order valence-corrected chi connectivity index (χ3v) is 6.59. The number of dihydropyridines is 1. The highest BCUT2D eigenvalue weighted by Gasteiger charge is 2.34. The van der Waals surface area contributed by atoms with E-state index in [-0.39, 0.29) is 47.8 Å². The standard InChI is InChI=1S/C25H23F3N3O4P/c26-17-7-22-20(30-23(32)12-35-22)6-16(17)25(33)31-9-13(10-31)11-34-21-4-2-14(5-18(21)27)15-1-3-19(24(28)36)29-8-15/h1-8,13,19,24,29H,9-12,36H2,(H,30,32). The third kappa shape index (κ3) is 4.91. The number of hydrogen-bond donors (Lipinski definition) is 2. The number of fused-ring (bicyclic) bond motifs is 1. The predicted molar refractivity (Wildman–Crippen MR) is 130 cm³/mol. The zero-order valence-electron chi connectivity index (χ0n) is 19.0. The van der Waals surface area contributed by atoms with E-state index in [1.54, 1.807) is 24.4 Å². The van der Waals surface area contributed by atoms with Crippen molar-refractivity contribution in [3.8, 4) is 11.5 Å². The molecule has 36 heavy (non-hydrogen) atoms. The fourth-order valence-electron chi connectivity index (χ4n) is 4.16. The van der Waals surface area contributed by atoms with Crippen LogP contribution in [-0.4, -0.2) is 55.0 Å². The molecule has 1 fully saturated rings. The number of nitrogens with zero attached hydrogens (tertiary/aromatic N) is 1. The van der Waals surface area contributed by atoms with E-state index in [0.717, 1.165) is 11.6 Å². The summed E-state index contributed by atoms with van der Waals surface area (Å²) in [6.07, 6.45) is 5.06. The lowest BCUT2D eigenvalue weighted by atomic mass is 9.99. The van der Waals surface area contributed by atoms with Crippen LogP contribution in [0, 0.1) is 17.6 Å². The zero-order chi connectivity index (χ0) is 25.4. The molecule has 0 aliphatic carbocycles. The van der Waals surface area contributed by atoms with Crippen molar-refractivity contribution < 1.29 is 32.2 Å². The van der Waals surface area contributed by atoms with Crippen molar-refractivity contribution in [1.82, 2.24) is 10.2 Å². The van der Waals surface area contributed by atoms with E-state index in [4.69, 9.17) is 9.47 Å². The maximum absolute atomic E-state index is 14.6. The Balaban J connectivity index is 1.15. The molecule has 0 spiro atoms. The Morgan fingerprint density at radius 3 is 2.72 bits per heavy atom. The number of likely N-dealkylation sites (tertiary alicyclic amines) is 1. The molecule has 2 N–H and O–H groups in total. The first-order valence-electron chi connectivity index (χ1n) is 11.3. The molecule has 0 bridgehead atoms. The maximum Gasteiger partial charge on any atom is 0.262 e. The number of hydrogen-bond acceptors (Lipinski definition) is 5. The Kier molecular flexibility index (Phi) is 6.62. The van der Waals surface area contributed by atoms with E-state index >= 15 is 0 Å². The molecule has 3 unspecified atom stereocenters. The number of halogens is 3. The van der Waals surface area contributed by atoms with Crippen molar-refractivity contribution in [3.63, 3.8) is 0 Å². The normalized spacial score (nSPS) is 19.8. The maximum atomic E-state index is 14.6. The van der Waals surface area contributed by atoms with Gasteiger partial charge in [-0.15, -0.1) is 0 Å². The summed E-state index contributed by atoms with van der Waals surface area (Å²) < 4.78 is 53.2. The van der Waals surface area contributed by atoms with Crippen molar-refractivity contribution >= 4 is 32.3 Å². The SMILES string of the molecule is O=C1COc2cc(F)c(C(=O)N3CC(COc4ccc(C5=CNC(C(F)P)C=C5)cc4F)C3)cc2N1. The van der Waals surface area contributed by atoms with Gasteiger partial charge in [-0.1, -0.05) is 27.5 Å². The van der Waals surface area contributed by atoms with Gasteiger partial charge in [0.1, 0.15) is 17.5 Å². The highest BCUT2D eigenvalue weighted by Crippen LogP contribution is 2.32. The first-order valence-corrected chi connectivity index (χ1v) is 12.0. The second-order valence-corrected chi connectivity index (χ2v) is 9.43. The van der Waals surface area contributed by atoms with Crippen LogP contribution < -0.4 is 20.1 Å². The van der Waals surface area contributed by atoms with Gasteiger partial charge in [-0.05, 0) is 29.3 Å². The van der Waals surface area contributed by atoms with Crippen LogP contribution in [-0.2, 0) is 4.79 Å². The summed E-state index contributed by atoms with van der Waals surface area (Å²) in [5.41, 5.74) is 1.43. The van der Waals surface area contributed by atoms with Crippen LogP contribution in [0.4, 0.5) is 18.9 Å². The molecule has 0 saturated carbocycles. The largest absolute Gasteiger partial charge is 0.490 e. The molecule has 0 aromatic heterocycles. The molecule has 0 radical (unpaired) electrons. The molecule has 3 atom stereocenters. The summed E-state index contributed by atoms with van der Waals surface area (Å²) in [6, 6.07) is 6.50. The summed E-state index contributed by atoms with van der Waals surface area (Å²) >= 11 is 0. The summed E-state index contributed by atoms with van der Waals surface area (Å²) in [5, 5.41) is 5.48. The lowest BCUT2D eigenvalue weighted by Gasteiger charge is -2.39. The Bertz CT molecular complexity index is 1280. The van der Waals surface area contributed by atoms with Crippen molar-refractivity contribution in [1.29, 1.82) is 0 Å². The van der Waals surface area contributed by atoms with E-state index in [0.29, 0.717) is 18.7 Å². The molecule has 188 valence electrons. The van der Waals surface area contributed by atoms with Gasteiger partial charge in [0.25, 0.3) is 11.8 Å². The summed E-state index contributed by atoms with van der Waals surface area (Å²) in [5.74, 6) is -3.06. The number of rotatable bonds is 6. The van der Waals surface area contributed by atoms with Gasteiger partial charge in [0, 0.05) is 31.3 Å². The molecule has 11 heteroatoms. The summed E-state index contributed by atoms with van der Waals surface area (Å²) in [4.78, 5) is 25.7. The van der Waals surface area contributed by atoms with Crippen molar-refractivity contribution in [2.75, 3.05) is 31.6 Å². The fraction of sp³-hybridized carbons (Fsp3) is 0.280. The van der Waals surface area contributed by atoms with Crippen LogP contribution in [0.15, 0.2) is 48.7 Å². The first kappa shape index (κ1) is 24.2. The number of benzene rings is 2. The number of carbonyl (C=O) groups excluding carboxylic acids is 2. The molecule has 7 nitrogen and oxygen atoms in total. The number of amides is 2. The number of anilines is 1. The van der Waals surface area contributed by atoms with Crippen LogP contribution in [0.1, 0.15) is 15.9 Å². The van der Waals surface area contributed by atoms with E-state index in [1.165, 1.54) is 23.1 Å². The predicted octanol–water partition coefficient (Wildman–Crippen LogP) is 3.49. The molecule has 3 aliphatic heterocycles. The van der Waals surface area contributed by atoms with Crippen LogP contribution in [0.3, 0.4) is 0 Å². The van der Waals surface area contributed by atoms with Gasteiger partial charge in [0.2, 0.25) is 0 Å². The smallest absolute Gasteiger partial charge is 0.262 e. The quantitative estimate of drug-likeness (QED) is 0.574. The van der Waals surface area contributed by atoms with Gasteiger partial charge in [-0.2, -0.15) is 0 Å². The number of ether oxygens (including phenoxy) is 2. The van der Waals surface area contributed by atoms with E-state index in [9.17, 15) is 22.8 Å². The monoisotopic (exact) mass is 517 g/mol. The summed E-state index contributed by atoms with van der Waals surface area (Å²) in [7, 11) is 2.09. The Morgan fingerprint density at radius 2 is 2.03 bits per heavy atom. The molecule has 5 rings (SSSR count). The first-order chi connectivity index (χ1) is 17.3. The minimum Gasteiger partial charge on any atom is -0.490 e. The van der Waals surface area contributed by atoms with E-state index in [2.05, 4.69) is 19.9 Å². The van der Waals surface area contributed by atoms with Gasteiger partial charge in [0.15, 0.2) is 18.2 Å². The molecule has 2 aromatic carbocycles. The number of nitrogens with one attached hydrogen (secondary N) is 2. The van der Waals surface area contributed by atoms with E-state index < -0.39 is 29.5 Å². The highest BCUT2D eigenvalue weighted by atomic mass is 31.0. The van der Waals surface area contributed by atoms with Gasteiger partial charge in [-0.25, -0.2) is 13.2 Å². The lowest BCUT2D eigenvalue weighted by molar-refractivity contribution is -0.118. The second-order valence-electron chi connectivity index (χ2n) is 8.79. The number of allylic oxidation sites excluding steroid dienone is 2. The Hall–Kier alpha value is -3.52. The molecule has 1 saturated heterocycles. The molecular formula is C25H23F3N3O4P. The van der Waals surface area contributed by atoms with Crippen molar-refractivity contribution in [3.05, 3.63) is 71.4 Å². The van der Waals surface area contributed by atoms with Crippen molar-refractivity contribution in [2.45, 2.75) is 12.0 Å². The third-order valence-electron chi connectivity index (χ3n) is 6.17. The van der Waals surface area contributed by atoms with Crippen molar-refractivity contribution in [2.24, 2.45) is 5.92 Å². The van der Waals surface area contributed by atoms with Crippen LogP contribution in [0.25, 0.3) is 5.57 Å². The fourth-order valence-corrected chi connectivity index (χ4v) is 4.40. The zero-order valence-corrected chi connectivity index (χ0v) is 20.1. The number of carbonyl (C=O) groups is 2. The lowest BCUT2D eigenvalue weighted by Crippen LogP contribution is -2.52. The van der Waals surface area contributed by atoms with Gasteiger partial charge in [-0.3, -0.25) is 9.59 Å². The van der Waals surface area contributed by atoms with Gasteiger partial charge < -0.3 is 25.0 Å².